The highest BCUT2D eigenvalue weighted by Gasteiger charge is 2.28. The van der Waals surface area contributed by atoms with Gasteiger partial charge in [-0.25, -0.2) is 4.39 Å². The Hall–Kier alpha value is -2.86. The minimum atomic E-state index is -0.133. The van der Waals surface area contributed by atoms with Crippen LogP contribution in [0.1, 0.15) is 37.3 Å². The van der Waals surface area contributed by atoms with Gasteiger partial charge in [0.05, 0.1) is 13.2 Å². The fraction of sp³-hybridized carbons (Fsp3) is 0.308. The predicted octanol–water partition coefficient (Wildman–Crippen LogP) is 5.88. The lowest BCUT2D eigenvalue weighted by Gasteiger charge is -2.42. The average Bonchev–Trinajstić information content (AvgIpc) is 3.37. The molecule has 166 valence electrons. The summed E-state index contributed by atoms with van der Waals surface area (Å²) in [6, 6.07) is 16.1. The zero-order chi connectivity index (χ0) is 21.9. The fourth-order valence-corrected chi connectivity index (χ4v) is 5.55. The molecule has 1 atom stereocenters. The van der Waals surface area contributed by atoms with E-state index in [4.69, 9.17) is 0 Å². The molecule has 0 amide bonds. The number of anilines is 1. The first-order chi connectivity index (χ1) is 15.7. The van der Waals surface area contributed by atoms with Gasteiger partial charge in [0, 0.05) is 40.8 Å². The summed E-state index contributed by atoms with van der Waals surface area (Å²) in [5.41, 5.74) is 4.01. The molecule has 32 heavy (non-hydrogen) atoms. The first-order valence-electron chi connectivity index (χ1n) is 11.3. The summed E-state index contributed by atoms with van der Waals surface area (Å²) in [6.45, 7) is 4.39. The Morgan fingerprint density at radius 2 is 1.97 bits per heavy atom. The van der Waals surface area contributed by atoms with Gasteiger partial charge in [-0.05, 0) is 68.0 Å². The fourth-order valence-electron chi connectivity index (χ4n) is 4.53. The van der Waals surface area contributed by atoms with Crippen molar-refractivity contribution in [2.75, 3.05) is 18.1 Å². The molecule has 5 rings (SSSR count). The monoisotopic (exact) mass is 448 g/mol. The Balaban J connectivity index is 1.32. The molecule has 1 N–H and O–H groups in total. The number of hydrogen-bond donors (Lipinski definition) is 1. The number of rotatable bonds is 5. The highest BCUT2D eigenvalue weighted by molar-refractivity contribution is 8.06. The quantitative estimate of drug-likeness (QED) is 0.575. The second-order valence-corrected chi connectivity index (χ2v) is 9.53. The van der Waals surface area contributed by atoms with E-state index in [1.807, 2.05) is 30.5 Å². The molecule has 1 fully saturated rings. The number of nitrogens with one attached hydrogen (secondary N) is 1. The molecule has 3 heterocycles. The zero-order valence-corrected chi connectivity index (χ0v) is 19.2. The van der Waals surface area contributed by atoms with Crippen LogP contribution in [0.25, 0.3) is 4.91 Å². The van der Waals surface area contributed by atoms with E-state index in [-0.39, 0.29) is 12.0 Å². The molecule has 0 unspecified atom stereocenters. The van der Waals surface area contributed by atoms with Crippen molar-refractivity contribution in [3.63, 3.8) is 0 Å². The zero-order valence-electron chi connectivity index (χ0n) is 18.4. The van der Waals surface area contributed by atoms with Crippen LogP contribution in [-0.4, -0.2) is 28.6 Å². The van der Waals surface area contributed by atoms with Gasteiger partial charge in [0.2, 0.25) is 0 Å². The van der Waals surface area contributed by atoms with Crippen molar-refractivity contribution in [1.82, 2.24) is 14.5 Å². The van der Waals surface area contributed by atoms with Gasteiger partial charge >= 0.3 is 0 Å². The summed E-state index contributed by atoms with van der Waals surface area (Å²) >= 11 is 1.67. The van der Waals surface area contributed by atoms with Gasteiger partial charge in [0.15, 0.2) is 0 Å². The SMILES string of the molecule is CC1=CC=C(c2ccccc2)SN1Cc1ccc(N2CCCC[C@@H]2N2C=CNC2)cc1F. The summed E-state index contributed by atoms with van der Waals surface area (Å²) in [4.78, 5) is 5.84. The molecule has 2 aromatic rings. The summed E-state index contributed by atoms with van der Waals surface area (Å²) in [5, 5.41) is 3.25. The Bertz CT molecular complexity index is 1050. The number of allylic oxidation sites excluding steroid dienone is 3. The molecule has 6 heteroatoms. The molecule has 3 aliphatic rings. The van der Waals surface area contributed by atoms with Crippen LogP contribution in [0.3, 0.4) is 0 Å². The van der Waals surface area contributed by atoms with E-state index in [0.29, 0.717) is 6.54 Å². The van der Waals surface area contributed by atoms with E-state index in [9.17, 15) is 0 Å². The minimum absolute atomic E-state index is 0.133. The van der Waals surface area contributed by atoms with Crippen LogP contribution >= 0.6 is 11.9 Å². The van der Waals surface area contributed by atoms with E-state index >= 15 is 4.39 Å². The van der Waals surface area contributed by atoms with Crippen LogP contribution < -0.4 is 10.2 Å². The first kappa shape index (κ1) is 21.0. The van der Waals surface area contributed by atoms with Crippen molar-refractivity contribution >= 4 is 22.5 Å². The summed E-state index contributed by atoms with van der Waals surface area (Å²) in [7, 11) is 0. The summed E-state index contributed by atoms with van der Waals surface area (Å²) < 4.78 is 17.4. The van der Waals surface area contributed by atoms with Crippen LogP contribution in [0.2, 0.25) is 0 Å². The number of hydrogen-bond acceptors (Lipinski definition) is 5. The van der Waals surface area contributed by atoms with E-state index in [2.05, 4.69) is 62.9 Å². The molecule has 4 nitrogen and oxygen atoms in total. The van der Waals surface area contributed by atoms with Crippen LogP contribution in [0.15, 0.2) is 78.8 Å². The number of benzene rings is 2. The number of nitrogens with zero attached hydrogens (tertiary/aromatic N) is 3. The van der Waals surface area contributed by atoms with E-state index < -0.39 is 0 Å². The maximum absolute atomic E-state index is 15.3. The Kier molecular flexibility index (Phi) is 6.12. The highest BCUT2D eigenvalue weighted by atomic mass is 32.2. The van der Waals surface area contributed by atoms with E-state index in [1.54, 1.807) is 18.0 Å². The summed E-state index contributed by atoms with van der Waals surface area (Å²) in [5.74, 6) is -0.133. The van der Waals surface area contributed by atoms with Crippen molar-refractivity contribution < 1.29 is 4.39 Å². The maximum atomic E-state index is 15.3. The molecule has 0 radical (unpaired) electrons. The topological polar surface area (TPSA) is 21.8 Å². The van der Waals surface area contributed by atoms with Gasteiger partial charge in [-0.3, -0.25) is 0 Å². The molecule has 0 saturated carbocycles. The van der Waals surface area contributed by atoms with Crippen LogP contribution in [0.5, 0.6) is 0 Å². The van der Waals surface area contributed by atoms with Crippen molar-refractivity contribution in [3.05, 3.63) is 95.7 Å². The van der Waals surface area contributed by atoms with Crippen LogP contribution in [0.4, 0.5) is 10.1 Å². The predicted molar refractivity (Wildman–Crippen MR) is 132 cm³/mol. The second kappa shape index (κ2) is 9.33. The third kappa shape index (κ3) is 4.37. The maximum Gasteiger partial charge on any atom is 0.130 e. The van der Waals surface area contributed by atoms with Crippen LogP contribution in [0, 0.1) is 5.82 Å². The first-order valence-corrected chi connectivity index (χ1v) is 12.1. The van der Waals surface area contributed by atoms with Crippen molar-refractivity contribution in [1.29, 1.82) is 0 Å². The largest absolute Gasteiger partial charge is 0.372 e. The molecular weight excluding hydrogens is 419 g/mol. The van der Waals surface area contributed by atoms with E-state index in [1.165, 1.54) is 16.9 Å². The molecule has 3 aliphatic heterocycles. The molecule has 2 aromatic carbocycles. The lowest BCUT2D eigenvalue weighted by atomic mass is 10.0. The minimum Gasteiger partial charge on any atom is -0.372 e. The number of halogens is 1. The third-order valence-electron chi connectivity index (χ3n) is 6.33. The Morgan fingerprint density at radius 1 is 1.09 bits per heavy atom. The van der Waals surface area contributed by atoms with Gasteiger partial charge in [-0.2, -0.15) is 0 Å². The lowest BCUT2D eigenvalue weighted by Crippen LogP contribution is -2.49. The lowest BCUT2D eigenvalue weighted by molar-refractivity contribution is 0.237. The standard InChI is InChI=1S/C26H29FN4S/c1-20-10-13-25(21-7-3-2-4-8-21)32-31(20)18-22-11-12-23(17-24(22)27)30-15-6-5-9-26(30)29-16-14-28-19-29/h2-4,7-8,10-14,16-17,26,28H,5-6,9,15,18-19H2,1H3/t26-/m1/s1. The normalized spacial score (nSPS) is 20.8. The molecule has 0 spiro atoms. The Morgan fingerprint density at radius 3 is 2.75 bits per heavy atom. The van der Waals surface area contributed by atoms with Crippen molar-refractivity contribution in [2.45, 2.75) is 38.9 Å². The van der Waals surface area contributed by atoms with Gasteiger partial charge < -0.3 is 19.4 Å². The van der Waals surface area contributed by atoms with Gasteiger partial charge in [0.1, 0.15) is 12.0 Å². The van der Waals surface area contributed by atoms with E-state index in [0.717, 1.165) is 43.0 Å². The Labute approximate surface area is 194 Å². The molecule has 1 saturated heterocycles. The number of piperidine rings is 1. The van der Waals surface area contributed by atoms with Gasteiger partial charge in [-0.1, -0.05) is 36.4 Å². The highest BCUT2D eigenvalue weighted by Crippen LogP contribution is 2.38. The summed E-state index contributed by atoms with van der Waals surface area (Å²) in [6.07, 6.45) is 12.1. The van der Waals surface area contributed by atoms with Crippen molar-refractivity contribution in [3.8, 4) is 0 Å². The molecular formula is C26H29FN4S. The van der Waals surface area contributed by atoms with Crippen LogP contribution in [-0.2, 0) is 6.54 Å². The second-order valence-electron chi connectivity index (χ2n) is 8.47. The molecule has 0 aromatic heterocycles. The average molecular weight is 449 g/mol. The molecule has 0 aliphatic carbocycles. The third-order valence-corrected chi connectivity index (χ3v) is 7.54. The van der Waals surface area contributed by atoms with Gasteiger partial charge in [0.25, 0.3) is 0 Å². The van der Waals surface area contributed by atoms with Crippen molar-refractivity contribution in [2.24, 2.45) is 0 Å². The smallest absolute Gasteiger partial charge is 0.130 e. The molecule has 0 bridgehead atoms. The van der Waals surface area contributed by atoms with Gasteiger partial charge in [-0.15, -0.1) is 0 Å².